The van der Waals surface area contributed by atoms with Crippen LogP contribution in [0.2, 0.25) is 5.28 Å². The van der Waals surface area contributed by atoms with Crippen molar-refractivity contribution in [1.82, 2.24) is 9.97 Å². The minimum atomic E-state index is -0.192. The number of ether oxygens (including phenoxy) is 3. The van der Waals surface area contributed by atoms with Gasteiger partial charge in [0.2, 0.25) is 5.28 Å². The number of rotatable bonds is 6. The predicted molar refractivity (Wildman–Crippen MR) is 93.4 cm³/mol. The van der Waals surface area contributed by atoms with Gasteiger partial charge in [-0.25, -0.2) is 4.98 Å². The molecule has 1 atom stereocenters. The first-order valence-electron chi connectivity index (χ1n) is 7.94. The van der Waals surface area contributed by atoms with Gasteiger partial charge >= 0.3 is 0 Å². The number of hydrogen-bond donors (Lipinski definition) is 1. The molecule has 7 nitrogen and oxygen atoms in total. The molecule has 2 aromatic rings. The third-order valence-corrected chi connectivity index (χ3v) is 4.15. The Labute approximate surface area is 151 Å². The molecule has 1 saturated heterocycles. The topological polar surface area (TPSA) is 76.9 Å². The zero-order valence-corrected chi connectivity index (χ0v) is 14.6. The van der Waals surface area contributed by atoms with Crippen molar-refractivity contribution in [3.63, 3.8) is 0 Å². The summed E-state index contributed by atoms with van der Waals surface area (Å²) in [5.74, 6) is 1.87. The van der Waals surface area contributed by atoms with Gasteiger partial charge in [-0.1, -0.05) is 12.1 Å². The van der Waals surface area contributed by atoms with Crippen LogP contribution in [-0.2, 0) is 11.3 Å². The van der Waals surface area contributed by atoms with E-state index in [1.807, 2.05) is 29.2 Å². The zero-order chi connectivity index (χ0) is 17.6. The number of aliphatic hydroxyl groups excluding tert-OH is 1. The van der Waals surface area contributed by atoms with Crippen molar-refractivity contribution >= 4 is 17.4 Å². The van der Waals surface area contributed by atoms with E-state index in [2.05, 4.69) is 9.97 Å². The van der Waals surface area contributed by atoms with E-state index in [0.29, 0.717) is 37.9 Å². The number of benzene rings is 1. The summed E-state index contributed by atoms with van der Waals surface area (Å²) in [7, 11) is 1.63. The van der Waals surface area contributed by atoms with Gasteiger partial charge in [0.25, 0.3) is 0 Å². The van der Waals surface area contributed by atoms with Crippen LogP contribution < -0.4 is 14.4 Å². The monoisotopic (exact) mass is 365 g/mol. The molecule has 134 valence electrons. The molecule has 1 aromatic heterocycles. The van der Waals surface area contributed by atoms with Gasteiger partial charge in [-0.2, -0.15) is 4.98 Å². The van der Waals surface area contributed by atoms with E-state index in [1.165, 1.54) is 0 Å². The van der Waals surface area contributed by atoms with Crippen molar-refractivity contribution in [1.29, 1.82) is 0 Å². The standard InChI is InChI=1S/C17H20ClN3O4/c1-23-14-4-2-12(3-5-14)10-25-15-8-19-17(18)20-16(15)21-6-7-24-11-13(21)9-22/h2-5,8,13,22H,6-7,9-11H2,1H3/t13-/m1/s1. The van der Waals surface area contributed by atoms with Gasteiger partial charge in [0, 0.05) is 6.54 Å². The largest absolute Gasteiger partial charge is 0.497 e. The number of halogens is 1. The summed E-state index contributed by atoms with van der Waals surface area (Å²) in [6.45, 7) is 1.89. The SMILES string of the molecule is COc1ccc(COc2cnc(Cl)nc2N2CCOC[C@H]2CO)cc1. The van der Waals surface area contributed by atoms with Crippen molar-refractivity contribution in [2.45, 2.75) is 12.6 Å². The van der Waals surface area contributed by atoms with Crippen molar-refractivity contribution < 1.29 is 19.3 Å². The van der Waals surface area contributed by atoms with E-state index in [-0.39, 0.29) is 17.9 Å². The Morgan fingerprint density at radius 3 is 2.88 bits per heavy atom. The lowest BCUT2D eigenvalue weighted by Gasteiger charge is -2.35. The van der Waals surface area contributed by atoms with E-state index in [4.69, 9.17) is 25.8 Å². The second-order valence-electron chi connectivity index (χ2n) is 5.57. The number of aromatic nitrogens is 2. The summed E-state index contributed by atoms with van der Waals surface area (Å²) in [6, 6.07) is 7.42. The summed E-state index contributed by atoms with van der Waals surface area (Å²) >= 11 is 5.97. The maximum atomic E-state index is 9.59. The van der Waals surface area contributed by atoms with Crippen LogP contribution in [0.5, 0.6) is 11.5 Å². The fourth-order valence-corrected chi connectivity index (χ4v) is 2.75. The number of methoxy groups -OCH3 is 1. The molecule has 2 heterocycles. The van der Waals surface area contributed by atoms with Gasteiger partial charge in [0.15, 0.2) is 11.6 Å². The Morgan fingerprint density at radius 2 is 2.16 bits per heavy atom. The van der Waals surface area contributed by atoms with Crippen LogP contribution >= 0.6 is 11.6 Å². The third-order valence-electron chi connectivity index (χ3n) is 3.97. The second-order valence-corrected chi connectivity index (χ2v) is 5.91. The minimum Gasteiger partial charge on any atom is -0.497 e. The van der Waals surface area contributed by atoms with Gasteiger partial charge in [0.05, 0.1) is 39.2 Å². The van der Waals surface area contributed by atoms with Crippen molar-refractivity contribution in [2.24, 2.45) is 0 Å². The number of morpholine rings is 1. The molecule has 0 bridgehead atoms. The smallest absolute Gasteiger partial charge is 0.224 e. The number of aliphatic hydroxyl groups is 1. The summed E-state index contributed by atoms with van der Waals surface area (Å²) in [4.78, 5) is 10.3. The van der Waals surface area contributed by atoms with E-state index < -0.39 is 0 Å². The van der Waals surface area contributed by atoms with Crippen LogP contribution in [0.15, 0.2) is 30.5 Å². The van der Waals surface area contributed by atoms with Gasteiger partial charge in [0.1, 0.15) is 12.4 Å². The Kier molecular flexibility index (Phi) is 5.91. The molecule has 1 fully saturated rings. The van der Waals surface area contributed by atoms with Crippen LogP contribution in [0.1, 0.15) is 5.56 Å². The first-order valence-corrected chi connectivity index (χ1v) is 8.32. The number of hydrogen-bond acceptors (Lipinski definition) is 7. The highest BCUT2D eigenvalue weighted by Crippen LogP contribution is 2.30. The maximum absolute atomic E-state index is 9.59. The van der Waals surface area contributed by atoms with E-state index in [1.54, 1.807) is 13.3 Å². The third kappa shape index (κ3) is 4.31. The summed E-state index contributed by atoms with van der Waals surface area (Å²) < 4.78 is 16.5. The van der Waals surface area contributed by atoms with E-state index in [0.717, 1.165) is 11.3 Å². The molecule has 0 amide bonds. The first kappa shape index (κ1) is 17.7. The summed E-state index contributed by atoms with van der Waals surface area (Å²) in [5.41, 5.74) is 0.988. The molecule has 0 saturated carbocycles. The van der Waals surface area contributed by atoms with Gasteiger partial charge in [-0.3, -0.25) is 0 Å². The molecule has 1 aliphatic heterocycles. The molecular weight excluding hydrogens is 346 g/mol. The molecule has 25 heavy (non-hydrogen) atoms. The van der Waals surface area contributed by atoms with Crippen LogP contribution in [0.25, 0.3) is 0 Å². The molecular formula is C17H20ClN3O4. The summed E-state index contributed by atoms with van der Waals surface area (Å²) in [5, 5.41) is 9.72. The Bertz CT molecular complexity index is 699. The molecule has 3 rings (SSSR count). The Hall–Kier alpha value is -2.09. The predicted octanol–water partition coefficient (Wildman–Crippen LogP) is 1.92. The lowest BCUT2D eigenvalue weighted by molar-refractivity contribution is 0.0718. The number of anilines is 1. The van der Waals surface area contributed by atoms with E-state index in [9.17, 15) is 5.11 Å². The van der Waals surface area contributed by atoms with Gasteiger partial charge < -0.3 is 24.2 Å². The van der Waals surface area contributed by atoms with Crippen molar-refractivity contribution in [2.75, 3.05) is 38.4 Å². The molecule has 1 N–H and O–H groups in total. The average Bonchev–Trinajstić information content (AvgIpc) is 2.67. The van der Waals surface area contributed by atoms with E-state index >= 15 is 0 Å². The molecule has 1 aliphatic rings. The fourth-order valence-electron chi connectivity index (χ4n) is 2.62. The maximum Gasteiger partial charge on any atom is 0.224 e. The lowest BCUT2D eigenvalue weighted by atomic mass is 10.2. The molecule has 0 spiro atoms. The molecule has 8 heteroatoms. The average molecular weight is 366 g/mol. The molecule has 0 aliphatic carbocycles. The zero-order valence-electron chi connectivity index (χ0n) is 13.9. The Balaban J connectivity index is 1.78. The fraction of sp³-hybridized carbons (Fsp3) is 0.412. The normalized spacial score (nSPS) is 17.4. The number of nitrogens with zero attached hydrogens (tertiary/aromatic N) is 3. The van der Waals surface area contributed by atoms with Crippen molar-refractivity contribution in [3.8, 4) is 11.5 Å². The molecule has 0 unspecified atom stereocenters. The Morgan fingerprint density at radius 1 is 1.36 bits per heavy atom. The summed E-state index contributed by atoms with van der Waals surface area (Å²) in [6.07, 6.45) is 1.55. The second kappa shape index (κ2) is 8.33. The van der Waals surface area contributed by atoms with Crippen LogP contribution in [0, 0.1) is 0 Å². The minimum absolute atomic E-state index is 0.0421. The molecule has 0 radical (unpaired) electrons. The van der Waals surface area contributed by atoms with Crippen LogP contribution in [0.3, 0.4) is 0 Å². The lowest BCUT2D eigenvalue weighted by Crippen LogP contribution is -2.48. The van der Waals surface area contributed by atoms with Gasteiger partial charge in [-0.15, -0.1) is 0 Å². The highest BCUT2D eigenvalue weighted by atomic mass is 35.5. The molecule has 1 aromatic carbocycles. The quantitative estimate of drug-likeness (QED) is 0.783. The van der Waals surface area contributed by atoms with Crippen molar-refractivity contribution in [3.05, 3.63) is 41.3 Å². The van der Waals surface area contributed by atoms with Crippen LogP contribution in [-0.4, -0.2) is 54.6 Å². The highest BCUT2D eigenvalue weighted by Gasteiger charge is 2.27. The van der Waals surface area contributed by atoms with Crippen LogP contribution in [0.4, 0.5) is 5.82 Å². The highest BCUT2D eigenvalue weighted by molar-refractivity contribution is 6.28. The van der Waals surface area contributed by atoms with Gasteiger partial charge in [-0.05, 0) is 29.3 Å². The first-order chi connectivity index (χ1) is 12.2.